The van der Waals surface area contributed by atoms with Gasteiger partial charge >= 0.3 is 5.97 Å². The Morgan fingerprint density at radius 3 is 2.11 bits per heavy atom. The van der Waals surface area contributed by atoms with Crippen molar-refractivity contribution < 1.29 is 18.9 Å². The van der Waals surface area contributed by atoms with Crippen LogP contribution in [0.3, 0.4) is 0 Å². The van der Waals surface area contributed by atoms with Crippen LogP contribution in [-0.2, 0) is 13.8 Å². The first-order chi connectivity index (χ1) is 4.09. The lowest BCUT2D eigenvalue weighted by molar-refractivity contribution is -0.148. The first-order valence-corrected chi connectivity index (χ1v) is 2.49. The molecule has 0 aliphatic heterocycles. The Morgan fingerprint density at radius 2 is 2.11 bits per heavy atom. The average molecular weight is 150 g/mol. The highest BCUT2D eigenvalue weighted by atomic mass is 32.1. The monoisotopic (exact) mass is 150 g/mol. The lowest BCUT2D eigenvalue weighted by atomic mass is 10.3. The molecule has 1 unspecified atom stereocenters. The Bertz CT molecular complexity index is 119. The van der Waals surface area contributed by atoms with E-state index in [-0.39, 0.29) is 0 Å². The summed E-state index contributed by atoms with van der Waals surface area (Å²) in [6.45, 7) is 1.12. The van der Waals surface area contributed by atoms with E-state index in [1.165, 1.54) is 0 Å². The maximum atomic E-state index is 10.3. The van der Waals surface area contributed by atoms with Gasteiger partial charge in [0.2, 0.25) is 6.10 Å². The molecular formula is C4H6O4S. The van der Waals surface area contributed by atoms with Crippen LogP contribution in [0.25, 0.3) is 0 Å². The van der Waals surface area contributed by atoms with Crippen molar-refractivity contribution >= 4 is 24.7 Å². The lowest BCUT2D eigenvalue weighted by Gasteiger charge is -2.01. The first-order valence-electron chi connectivity index (χ1n) is 2.13. The number of carboxylic acids is 1. The number of ketones is 1. The Balaban J connectivity index is 3.99. The molecule has 9 heavy (non-hydrogen) atoms. The van der Waals surface area contributed by atoms with Gasteiger partial charge in [0.25, 0.3) is 0 Å². The third kappa shape index (κ3) is 2.48. The third-order valence-corrected chi connectivity index (χ3v) is 0.910. The van der Waals surface area contributed by atoms with Gasteiger partial charge in [-0.05, 0) is 19.8 Å². The number of carbonyl (C=O) groups is 2. The van der Waals surface area contributed by atoms with Crippen LogP contribution in [0, 0.1) is 0 Å². The van der Waals surface area contributed by atoms with Gasteiger partial charge in [-0.15, -0.1) is 0 Å². The summed E-state index contributed by atoms with van der Waals surface area (Å²) in [5, 5.41) is 8.15. The molecule has 1 N–H and O–H groups in total. The Morgan fingerprint density at radius 1 is 1.67 bits per heavy atom. The molecule has 0 aromatic heterocycles. The summed E-state index contributed by atoms with van der Waals surface area (Å²) in [6, 6.07) is 0. The van der Waals surface area contributed by atoms with E-state index in [1.54, 1.807) is 0 Å². The summed E-state index contributed by atoms with van der Waals surface area (Å²) < 4.78 is 4.02. The fourth-order valence-corrected chi connectivity index (χ4v) is 0.532. The molecule has 0 heterocycles. The largest absolute Gasteiger partial charge is 0.479 e. The van der Waals surface area contributed by atoms with Crippen molar-refractivity contribution in [2.45, 2.75) is 13.0 Å². The van der Waals surface area contributed by atoms with E-state index in [2.05, 4.69) is 17.1 Å². The molecule has 4 nitrogen and oxygen atoms in total. The molecule has 0 spiro atoms. The molecule has 52 valence electrons. The minimum absolute atomic E-state index is 0.572. The van der Waals surface area contributed by atoms with Crippen LogP contribution in [0.15, 0.2) is 0 Å². The van der Waals surface area contributed by atoms with Crippen LogP contribution in [0.2, 0.25) is 0 Å². The van der Waals surface area contributed by atoms with E-state index in [1.807, 2.05) is 0 Å². The number of aliphatic carboxylic acids is 1. The van der Waals surface area contributed by atoms with Crippen molar-refractivity contribution in [2.75, 3.05) is 0 Å². The number of Topliss-reactive ketones (excluding diaryl/α,β-unsaturated/α-hetero) is 1. The second-order valence-corrected chi connectivity index (χ2v) is 1.65. The fourth-order valence-electron chi connectivity index (χ4n) is 0.293. The van der Waals surface area contributed by atoms with Crippen molar-refractivity contribution in [3.63, 3.8) is 0 Å². The normalized spacial score (nSPS) is 12.7. The molecule has 0 saturated carbocycles. The summed E-state index contributed by atoms with van der Waals surface area (Å²) in [7, 11) is 0. The van der Waals surface area contributed by atoms with Crippen LogP contribution in [-0.4, -0.2) is 23.0 Å². The molecule has 0 fully saturated rings. The third-order valence-electron chi connectivity index (χ3n) is 0.699. The average Bonchev–Trinajstić information content (AvgIpc) is 1.64. The van der Waals surface area contributed by atoms with Crippen LogP contribution in [0.5, 0.6) is 0 Å². The van der Waals surface area contributed by atoms with Gasteiger partial charge in [-0.2, -0.15) is 0 Å². The molecule has 0 aliphatic rings. The number of rotatable bonds is 3. The van der Waals surface area contributed by atoms with Crippen LogP contribution >= 0.6 is 12.9 Å². The molecule has 0 saturated heterocycles. The summed E-state index contributed by atoms with van der Waals surface area (Å²) in [5.41, 5.74) is 0. The second-order valence-electron chi connectivity index (χ2n) is 1.43. The highest BCUT2D eigenvalue weighted by Crippen LogP contribution is 1.95. The first kappa shape index (κ1) is 8.45. The maximum absolute atomic E-state index is 10.3. The zero-order chi connectivity index (χ0) is 7.44. The smallest absolute Gasteiger partial charge is 0.341 e. The van der Waals surface area contributed by atoms with Crippen molar-refractivity contribution in [3.05, 3.63) is 0 Å². The van der Waals surface area contributed by atoms with Crippen molar-refractivity contribution in [2.24, 2.45) is 0 Å². The minimum atomic E-state index is -1.44. The van der Waals surface area contributed by atoms with E-state index < -0.39 is 17.9 Å². The van der Waals surface area contributed by atoms with E-state index >= 15 is 0 Å². The Labute approximate surface area is 57.4 Å². The predicted molar refractivity (Wildman–Crippen MR) is 32.2 cm³/mol. The van der Waals surface area contributed by atoms with Gasteiger partial charge in [-0.3, -0.25) is 8.98 Å². The molecule has 0 rings (SSSR count). The van der Waals surface area contributed by atoms with Gasteiger partial charge in [-0.1, -0.05) is 0 Å². The van der Waals surface area contributed by atoms with E-state index in [4.69, 9.17) is 5.11 Å². The van der Waals surface area contributed by atoms with Gasteiger partial charge in [0, 0.05) is 0 Å². The number of hydrogen-bond acceptors (Lipinski definition) is 4. The molecule has 5 heteroatoms. The molecule has 1 atom stereocenters. The van der Waals surface area contributed by atoms with E-state index in [9.17, 15) is 9.59 Å². The standard InChI is InChI=1S/C4H6O4S/c1-2(5)3(8-9)4(6)7/h3,9H,1H3,(H,6,7). The number of carboxylic acid groups (broad SMARTS) is 1. The van der Waals surface area contributed by atoms with Gasteiger partial charge in [-0.25, -0.2) is 4.79 Å². The van der Waals surface area contributed by atoms with Crippen molar-refractivity contribution in [1.82, 2.24) is 0 Å². The molecule has 0 amide bonds. The minimum Gasteiger partial charge on any atom is -0.479 e. The summed E-state index contributed by atoms with van der Waals surface area (Å²) in [4.78, 5) is 20.2. The highest BCUT2D eigenvalue weighted by Gasteiger charge is 2.21. The Kier molecular flexibility index (Phi) is 3.26. The number of thiol groups is 1. The fraction of sp³-hybridized carbons (Fsp3) is 0.500. The summed E-state index contributed by atoms with van der Waals surface area (Å²) in [5.74, 6) is -1.89. The summed E-state index contributed by atoms with van der Waals surface area (Å²) >= 11 is 3.19. The van der Waals surface area contributed by atoms with E-state index in [0.717, 1.165) is 6.92 Å². The van der Waals surface area contributed by atoms with Crippen LogP contribution in [0.1, 0.15) is 6.92 Å². The maximum Gasteiger partial charge on any atom is 0.341 e. The van der Waals surface area contributed by atoms with E-state index in [0.29, 0.717) is 0 Å². The van der Waals surface area contributed by atoms with Crippen molar-refractivity contribution in [1.29, 1.82) is 0 Å². The van der Waals surface area contributed by atoms with Crippen LogP contribution in [0.4, 0.5) is 0 Å². The number of carbonyl (C=O) groups excluding carboxylic acids is 1. The highest BCUT2D eigenvalue weighted by molar-refractivity contribution is 7.75. The zero-order valence-corrected chi connectivity index (χ0v) is 5.59. The zero-order valence-electron chi connectivity index (χ0n) is 4.70. The molecule has 0 radical (unpaired) electrons. The Hall–Kier alpha value is -0.550. The molecule has 0 aromatic carbocycles. The molecule has 0 bridgehead atoms. The van der Waals surface area contributed by atoms with Crippen molar-refractivity contribution in [3.8, 4) is 0 Å². The summed E-state index contributed by atoms with van der Waals surface area (Å²) in [6.07, 6.45) is -1.44. The van der Waals surface area contributed by atoms with Gasteiger partial charge in [0.05, 0.1) is 0 Å². The molecular weight excluding hydrogens is 144 g/mol. The molecule has 0 aromatic rings. The lowest BCUT2D eigenvalue weighted by Crippen LogP contribution is -2.28. The predicted octanol–water partition coefficient (Wildman–Crippen LogP) is -0.110. The van der Waals surface area contributed by atoms with Gasteiger partial charge in [0.1, 0.15) is 0 Å². The van der Waals surface area contributed by atoms with Gasteiger partial charge in [0.15, 0.2) is 5.78 Å². The molecule has 0 aliphatic carbocycles. The topological polar surface area (TPSA) is 63.6 Å². The van der Waals surface area contributed by atoms with Crippen LogP contribution < -0.4 is 0 Å². The SMILES string of the molecule is CC(=O)C(OS)C(=O)O. The second kappa shape index (κ2) is 3.47. The van der Waals surface area contributed by atoms with Gasteiger partial charge < -0.3 is 5.11 Å². The quantitative estimate of drug-likeness (QED) is 0.335. The number of hydrogen-bond donors (Lipinski definition) is 2.